The lowest BCUT2D eigenvalue weighted by atomic mass is 9.82. The molecular formula is C12H21F2NO4. The van der Waals surface area contributed by atoms with E-state index in [2.05, 4.69) is 5.32 Å². The van der Waals surface area contributed by atoms with Crippen molar-refractivity contribution in [2.75, 3.05) is 6.54 Å². The van der Waals surface area contributed by atoms with Crippen LogP contribution in [0, 0.1) is 5.41 Å². The van der Waals surface area contributed by atoms with E-state index in [0.29, 0.717) is 0 Å². The van der Waals surface area contributed by atoms with E-state index in [-0.39, 0.29) is 6.42 Å². The highest BCUT2D eigenvalue weighted by atomic mass is 19.3. The summed E-state index contributed by atoms with van der Waals surface area (Å²) in [6.07, 6.45) is -4.39. The van der Waals surface area contributed by atoms with E-state index in [1.165, 1.54) is 6.92 Å². The van der Waals surface area contributed by atoms with Gasteiger partial charge in [0.25, 0.3) is 0 Å². The summed E-state index contributed by atoms with van der Waals surface area (Å²) in [6.45, 7) is 6.05. The standard InChI is InChI=1S/C12H21F2NO4/c1-5-12(9(16)17,6-8(13)14)7-15-10(18)19-11(2,3)4/h8H,5-7H2,1-4H3,(H,15,18)(H,16,17). The fraction of sp³-hybridized carbons (Fsp3) is 0.833. The number of carboxylic acid groups (broad SMARTS) is 1. The number of halogens is 2. The van der Waals surface area contributed by atoms with Crippen LogP contribution >= 0.6 is 0 Å². The number of hydrogen-bond donors (Lipinski definition) is 2. The number of carbonyl (C=O) groups excluding carboxylic acids is 1. The Labute approximate surface area is 111 Å². The van der Waals surface area contributed by atoms with Gasteiger partial charge in [-0.15, -0.1) is 0 Å². The van der Waals surface area contributed by atoms with Crippen molar-refractivity contribution < 1.29 is 28.2 Å². The Morgan fingerprint density at radius 3 is 2.16 bits per heavy atom. The quantitative estimate of drug-likeness (QED) is 0.784. The Hall–Kier alpha value is -1.40. The van der Waals surface area contributed by atoms with E-state index in [4.69, 9.17) is 9.84 Å². The minimum Gasteiger partial charge on any atom is -0.481 e. The first-order chi connectivity index (χ1) is 8.52. The summed E-state index contributed by atoms with van der Waals surface area (Å²) in [5, 5.41) is 11.3. The highest BCUT2D eigenvalue weighted by molar-refractivity contribution is 5.76. The second kappa shape index (κ2) is 6.68. The number of alkyl carbamates (subject to hydrolysis) is 1. The summed E-state index contributed by atoms with van der Waals surface area (Å²) in [6, 6.07) is 0. The number of nitrogens with one attached hydrogen (secondary N) is 1. The van der Waals surface area contributed by atoms with Crippen molar-refractivity contribution in [2.45, 2.75) is 52.6 Å². The molecular weight excluding hydrogens is 260 g/mol. The van der Waals surface area contributed by atoms with E-state index in [1.54, 1.807) is 20.8 Å². The van der Waals surface area contributed by atoms with Gasteiger partial charge in [0.05, 0.1) is 5.41 Å². The van der Waals surface area contributed by atoms with Crippen LogP contribution in [0.3, 0.4) is 0 Å². The molecule has 0 saturated heterocycles. The lowest BCUT2D eigenvalue weighted by Crippen LogP contribution is -2.45. The molecule has 7 heteroatoms. The number of alkyl halides is 2. The predicted molar refractivity (Wildman–Crippen MR) is 65.2 cm³/mol. The number of aliphatic carboxylic acids is 1. The van der Waals surface area contributed by atoms with Crippen molar-refractivity contribution in [3.8, 4) is 0 Å². The summed E-state index contributed by atoms with van der Waals surface area (Å²) >= 11 is 0. The molecule has 0 radical (unpaired) electrons. The molecule has 1 atom stereocenters. The molecule has 0 aromatic rings. The Kier molecular flexibility index (Phi) is 6.18. The van der Waals surface area contributed by atoms with E-state index >= 15 is 0 Å². The van der Waals surface area contributed by atoms with E-state index in [0.717, 1.165) is 0 Å². The van der Waals surface area contributed by atoms with Gasteiger partial charge >= 0.3 is 12.1 Å². The third-order valence-electron chi connectivity index (χ3n) is 2.65. The van der Waals surface area contributed by atoms with Gasteiger partial charge in [-0.25, -0.2) is 13.6 Å². The molecule has 0 aromatic heterocycles. The molecule has 0 rings (SSSR count). The Morgan fingerprint density at radius 1 is 1.32 bits per heavy atom. The maximum atomic E-state index is 12.5. The van der Waals surface area contributed by atoms with Crippen LogP contribution in [0.4, 0.5) is 13.6 Å². The summed E-state index contributed by atoms with van der Waals surface area (Å²) in [5.74, 6) is -1.36. The second-order valence-corrected chi connectivity index (χ2v) is 5.39. The number of hydrogen-bond acceptors (Lipinski definition) is 3. The molecule has 0 aromatic carbocycles. The lowest BCUT2D eigenvalue weighted by molar-refractivity contribution is -0.151. The van der Waals surface area contributed by atoms with Gasteiger partial charge in [-0.1, -0.05) is 6.92 Å². The van der Waals surface area contributed by atoms with Gasteiger partial charge in [0.2, 0.25) is 6.43 Å². The molecule has 0 heterocycles. The van der Waals surface area contributed by atoms with Gasteiger partial charge in [0.1, 0.15) is 5.60 Å². The molecule has 0 aliphatic heterocycles. The highest BCUT2D eigenvalue weighted by Gasteiger charge is 2.40. The molecule has 1 unspecified atom stereocenters. The fourth-order valence-electron chi connectivity index (χ4n) is 1.51. The zero-order valence-corrected chi connectivity index (χ0v) is 11.6. The third kappa shape index (κ3) is 6.35. The third-order valence-corrected chi connectivity index (χ3v) is 2.65. The van der Waals surface area contributed by atoms with E-state index < -0.39 is 42.5 Å². The summed E-state index contributed by atoms with van der Waals surface area (Å²) in [7, 11) is 0. The van der Waals surface area contributed by atoms with Crippen LogP contribution in [0.15, 0.2) is 0 Å². The topological polar surface area (TPSA) is 75.6 Å². The minimum absolute atomic E-state index is 0.0114. The first kappa shape index (κ1) is 17.6. The first-order valence-electron chi connectivity index (χ1n) is 6.01. The molecule has 2 N–H and O–H groups in total. The Balaban J connectivity index is 4.67. The number of carbonyl (C=O) groups is 2. The normalized spacial score (nSPS) is 14.9. The van der Waals surface area contributed by atoms with Gasteiger partial charge in [-0.3, -0.25) is 4.79 Å². The number of ether oxygens (including phenoxy) is 1. The molecule has 19 heavy (non-hydrogen) atoms. The average Bonchev–Trinajstić information content (AvgIpc) is 2.20. The molecule has 0 spiro atoms. The molecule has 1 amide bonds. The van der Waals surface area contributed by atoms with Gasteiger partial charge in [0.15, 0.2) is 0 Å². The highest BCUT2D eigenvalue weighted by Crippen LogP contribution is 2.29. The van der Waals surface area contributed by atoms with Crippen LogP contribution < -0.4 is 5.32 Å². The van der Waals surface area contributed by atoms with Crippen LogP contribution in [0.1, 0.15) is 40.5 Å². The van der Waals surface area contributed by atoms with Crippen molar-refractivity contribution in [3.63, 3.8) is 0 Å². The van der Waals surface area contributed by atoms with Gasteiger partial charge in [-0.05, 0) is 27.2 Å². The van der Waals surface area contributed by atoms with Crippen LogP contribution in [-0.4, -0.2) is 35.7 Å². The van der Waals surface area contributed by atoms with Crippen LogP contribution in [0.25, 0.3) is 0 Å². The van der Waals surface area contributed by atoms with E-state index in [9.17, 15) is 18.4 Å². The molecule has 0 aliphatic rings. The zero-order chi connectivity index (χ0) is 15.3. The minimum atomic E-state index is -2.75. The maximum absolute atomic E-state index is 12.5. The Bertz CT molecular complexity index is 328. The fourth-order valence-corrected chi connectivity index (χ4v) is 1.51. The van der Waals surface area contributed by atoms with Crippen LogP contribution in [0.2, 0.25) is 0 Å². The summed E-state index contributed by atoms with van der Waals surface area (Å²) in [4.78, 5) is 22.6. The smallest absolute Gasteiger partial charge is 0.407 e. The van der Waals surface area contributed by atoms with Crippen molar-refractivity contribution >= 4 is 12.1 Å². The zero-order valence-electron chi connectivity index (χ0n) is 11.6. The SMILES string of the molecule is CCC(CNC(=O)OC(C)(C)C)(CC(F)F)C(=O)O. The van der Waals surface area contributed by atoms with Gasteiger partial charge in [-0.2, -0.15) is 0 Å². The Morgan fingerprint density at radius 2 is 1.84 bits per heavy atom. The predicted octanol–water partition coefficient (Wildman–Crippen LogP) is 2.65. The molecule has 5 nitrogen and oxygen atoms in total. The number of carboxylic acids is 1. The van der Waals surface area contributed by atoms with Crippen molar-refractivity contribution in [2.24, 2.45) is 5.41 Å². The molecule has 112 valence electrons. The van der Waals surface area contributed by atoms with E-state index in [1.807, 2.05) is 0 Å². The maximum Gasteiger partial charge on any atom is 0.407 e. The summed E-state index contributed by atoms with van der Waals surface area (Å²) in [5.41, 5.74) is -2.41. The van der Waals surface area contributed by atoms with Gasteiger partial charge in [0, 0.05) is 13.0 Å². The van der Waals surface area contributed by atoms with Crippen molar-refractivity contribution in [3.05, 3.63) is 0 Å². The molecule has 0 saturated carbocycles. The monoisotopic (exact) mass is 281 g/mol. The number of amides is 1. The molecule has 0 fully saturated rings. The largest absolute Gasteiger partial charge is 0.481 e. The van der Waals surface area contributed by atoms with Crippen molar-refractivity contribution in [1.82, 2.24) is 5.32 Å². The lowest BCUT2D eigenvalue weighted by Gasteiger charge is -2.28. The second-order valence-electron chi connectivity index (χ2n) is 5.39. The molecule has 0 bridgehead atoms. The molecule has 0 aliphatic carbocycles. The number of rotatable bonds is 6. The van der Waals surface area contributed by atoms with Crippen molar-refractivity contribution in [1.29, 1.82) is 0 Å². The van der Waals surface area contributed by atoms with Crippen LogP contribution in [0.5, 0.6) is 0 Å². The average molecular weight is 281 g/mol. The summed E-state index contributed by atoms with van der Waals surface area (Å²) < 4.78 is 29.9. The first-order valence-corrected chi connectivity index (χ1v) is 6.01. The van der Waals surface area contributed by atoms with Gasteiger partial charge < -0.3 is 15.2 Å². The van der Waals surface area contributed by atoms with Crippen LogP contribution in [-0.2, 0) is 9.53 Å².